The maximum absolute atomic E-state index is 12.0. The van der Waals surface area contributed by atoms with Gasteiger partial charge in [0.2, 0.25) is 0 Å². The zero-order valence-electron chi connectivity index (χ0n) is 12.7. The summed E-state index contributed by atoms with van der Waals surface area (Å²) in [5.41, 5.74) is 3.39. The van der Waals surface area contributed by atoms with Gasteiger partial charge in [-0.05, 0) is 25.8 Å². The number of hydrogen-bond donors (Lipinski definition) is 0. The molecule has 0 fully saturated rings. The Labute approximate surface area is 119 Å². The van der Waals surface area contributed by atoms with Crippen molar-refractivity contribution in [3.8, 4) is 0 Å². The first-order chi connectivity index (χ1) is 9.49. The molecule has 0 aliphatic heterocycles. The predicted molar refractivity (Wildman–Crippen MR) is 77.5 cm³/mol. The van der Waals surface area contributed by atoms with Crippen LogP contribution in [0.3, 0.4) is 0 Å². The van der Waals surface area contributed by atoms with Crippen molar-refractivity contribution < 1.29 is 4.79 Å². The van der Waals surface area contributed by atoms with E-state index in [9.17, 15) is 4.79 Å². The van der Waals surface area contributed by atoms with E-state index < -0.39 is 0 Å². The molecule has 0 bridgehead atoms. The quantitative estimate of drug-likeness (QED) is 0.808. The Bertz CT molecular complexity index is 609. The van der Waals surface area contributed by atoms with Crippen molar-refractivity contribution in [3.05, 3.63) is 35.2 Å². The van der Waals surface area contributed by atoms with Crippen molar-refractivity contribution in [3.63, 3.8) is 0 Å². The highest BCUT2D eigenvalue weighted by Crippen LogP contribution is 2.15. The van der Waals surface area contributed by atoms with Gasteiger partial charge in [-0.15, -0.1) is 0 Å². The highest BCUT2D eigenvalue weighted by Gasteiger charge is 2.12. The van der Waals surface area contributed by atoms with Crippen molar-refractivity contribution in [2.75, 3.05) is 0 Å². The largest absolute Gasteiger partial charge is 0.338 e. The van der Waals surface area contributed by atoms with Gasteiger partial charge >= 0.3 is 0 Å². The zero-order valence-corrected chi connectivity index (χ0v) is 12.7. The van der Waals surface area contributed by atoms with Gasteiger partial charge in [-0.3, -0.25) is 9.48 Å². The lowest BCUT2D eigenvalue weighted by Crippen LogP contribution is -2.06. The van der Waals surface area contributed by atoms with E-state index in [-0.39, 0.29) is 5.78 Å². The first-order valence-corrected chi connectivity index (χ1v) is 6.96. The van der Waals surface area contributed by atoms with Gasteiger partial charge in [0.25, 0.3) is 0 Å². The molecule has 2 aromatic rings. The number of hydrogen-bond acceptors (Lipinski definition) is 3. The zero-order chi connectivity index (χ0) is 14.7. The Morgan fingerprint density at radius 2 is 1.90 bits per heavy atom. The SMILES string of the molecule is Cc1nn(C)c(C)c1CCC(=O)CCc1nccn1C. The molecule has 0 unspecified atom stereocenters. The van der Waals surface area contributed by atoms with E-state index in [0.29, 0.717) is 19.3 Å². The van der Waals surface area contributed by atoms with E-state index in [1.165, 1.54) is 5.56 Å². The summed E-state index contributed by atoms with van der Waals surface area (Å²) in [6.45, 7) is 4.05. The summed E-state index contributed by atoms with van der Waals surface area (Å²) in [6.07, 6.45) is 6.31. The highest BCUT2D eigenvalue weighted by molar-refractivity contribution is 5.78. The lowest BCUT2D eigenvalue weighted by Gasteiger charge is -2.03. The van der Waals surface area contributed by atoms with Gasteiger partial charge in [0.15, 0.2) is 0 Å². The van der Waals surface area contributed by atoms with Gasteiger partial charge in [-0.1, -0.05) is 0 Å². The summed E-state index contributed by atoms with van der Waals surface area (Å²) < 4.78 is 3.84. The lowest BCUT2D eigenvalue weighted by atomic mass is 10.0. The van der Waals surface area contributed by atoms with Crippen LogP contribution in [0.2, 0.25) is 0 Å². The molecule has 0 saturated carbocycles. The number of Topliss-reactive ketones (excluding diaryl/α,β-unsaturated/α-hetero) is 1. The van der Waals surface area contributed by atoms with E-state index in [1.807, 2.05) is 43.4 Å². The van der Waals surface area contributed by atoms with Crippen molar-refractivity contribution in [2.24, 2.45) is 14.1 Å². The standard InChI is InChI=1S/C15H22N4O/c1-11-14(12(2)19(4)17-11)7-5-13(20)6-8-15-16-9-10-18(15)3/h9-10H,5-8H2,1-4H3. The van der Waals surface area contributed by atoms with Crippen LogP contribution in [-0.2, 0) is 31.7 Å². The number of carbonyl (C=O) groups is 1. The van der Waals surface area contributed by atoms with Crippen molar-refractivity contribution >= 4 is 5.78 Å². The summed E-state index contributed by atoms with van der Waals surface area (Å²) >= 11 is 0. The van der Waals surface area contributed by atoms with E-state index in [4.69, 9.17) is 0 Å². The van der Waals surface area contributed by atoms with E-state index in [2.05, 4.69) is 10.1 Å². The second kappa shape index (κ2) is 6.03. The van der Waals surface area contributed by atoms with Crippen molar-refractivity contribution in [1.29, 1.82) is 0 Å². The molecule has 0 N–H and O–H groups in total. The minimum Gasteiger partial charge on any atom is -0.338 e. The Kier molecular flexibility index (Phi) is 4.37. The van der Waals surface area contributed by atoms with Crippen LogP contribution in [0.25, 0.3) is 0 Å². The summed E-state index contributed by atoms with van der Waals surface area (Å²) in [5, 5.41) is 4.38. The van der Waals surface area contributed by atoms with Gasteiger partial charge in [0.1, 0.15) is 11.6 Å². The highest BCUT2D eigenvalue weighted by atomic mass is 16.1. The third kappa shape index (κ3) is 3.15. The summed E-state index contributed by atoms with van der Waals surface area (Å²) in [5.74, 6) is 1.25. The van der Waals surface area contributed by atoms with Gasteiger partial charge in [-0.25, -0.2) is 4.98 Å². The monoisotopic (exact) mass is 274 g/mol. The third-order valence-electron chi connectivity index (χ3n) is 3.86. The maximum atomic E-state index is 12.0. The van der Waals surface area contributed by atoms with Crippen LogP contribution in [0, 0.1) is 13.8 Å². The number of imidazole rings is 1. The molecule has 20 heavy (non-hydrogen) atoms. The summed E-state index contributed by atoms with van der Waals surface area (Å²) in [7, 11) is 3.89. The van der Waals surface area contributed by atoms with Gasteiger partial charge < -0.3 is 4.57 Å². The molecule has 0 amide bonds. The second-order valence-electron chi connectivity index (χ2n) is 5.27. The fraction of sp³-hybridized carbons (Fsp3) is 0.533. The molecule has 2 rings (SSSR count). The molecule has 2 aromatic heterocycles. The number of rotatable bonds is 6. The molecular formula is C15H22N4O. The Morgan fingerprint density at radius 3 is 2.45 bits per heavy atom. The average molecular weight is 274 g/mol. The molecule has 108 valence electrons. The Hall–Kier alpha value is -1.91. The number of nitrogens with zero attached hydrogens (tertiary/aromatic N) is 4. The average Bonchev–Trinajstić information content (AvgIpc) is 2.91. The lowest BCUT2D eigenvalue weighted by molar-refractivity contribution is -0.119. The number of carbonyl (C=O) groups excluding carboxylic acids is 1. The van der Waals surface area contributed by atoms with E-state index >= 15 is 0 Å². The smallest absolute Gasteiger partial charge is 0.133 e. The minimum absolute atomic E-state index is 0.288. The normalized spacial score (nSPS) is 11.0. The molecule has 0 saturated heterocycles. The Morgan fingerprint density at radius 1 is 1.20 bits per heavy atom. The van der Waals surface area contributed by atoms with E-state index in [0.717, 1.165) is 23.6 Å². The molecule has 0 aliphatic rings. The number of ketones is 1. The van der Waals surface area contributed by atoms with Crippen LogP contribution >= 0.6 is 0 Å². The van der Waals surface area contributed by atoms with Crippen molar-refractivity contribution in [2.45, 2.75) is 39.5 Å². The predicted octanol–water partition coefficient (Wildman–Crippen LogP) is 1.90. The summed E-state index contributed by atoms with van der Waals surface area (Å²) in [4.78, 5) is 16.2. The summed E-state index contributed by atoms with van der Waals surface area (Å²) in [6, 6.07) is 0. The molecule has 0 atom stereocenters. The van der Waals surface area contributed by atoms with Gasteiger partial charge in [-0.2, -0.15) is 5.10 Å². The fourth-order valence-corrected chi connectivity index (χ4v) is 2.46. The van der Waals surface area contributed by atoms with Crippen LogP contribution in [0.15, 0.2) is 12.4 Å². The van der Waals surface area contributed by atoms with Crippen LogP contribution in [0.1, 0.15) is 35.6 Å². The molecular weight excluding hydrogens is 252 g/mol. The van der Waals surface area contributed by atoms with Crippen molar-refractivity contribution in [1.82, 2.24) is 19.3 Å². The molecule has 0 spiro atoms. The third-order valence-corrected chi connectivity index (χ3v) is 3.86. The first-order valence-electron chi connectivity index (χ1n) is 6.96. The molecule has 5 heteroatoms. The molecule has 0 radical (unpaired) electrons. The van der Waals surface area contributed by atoms with Crippen LogP contribution in [0.5, 0.6) is 0 Å². The fourth-order valence-electron chi connectivity index (χ4n) is 2.46. The molecule has 0 aromatic carbocycles. The number of aromatic nitrogens is 4. The van der Waals surface area contributed by atoms with Gasteiger partial charge in [0, 0.05) is 51.4 Å². The second-order valence-corrected chi connectivity index (χ2v) is 5.27. The number of aryl methyl sites for hydroxylation is 4. The minimum atomic E-state index is 0.288. The molecule has 0 aliphatic carbocycles. The molecule has 5 nitrogen and oxygen atoms in total. The van der Waals surface area contributed by atoms with Crippen LogP contribution in [-0.4, -0.2) is 25.1 Å². The van der Waals surface area contributed by atoms with Crippen LogP contribution < -0.4 is 0 Å². The topological polar surface area (TPSA) is 52.7 Å². The van der Waals surface area contributed by atoms with Gasteiger partial charge in [0.05, 0.1) is 5.69 Å². The van der Waals surface area contributed by atoms with E-state index in [1.54, 1.807) is 6.20 Å². The van der Waals surface area contributed by atoms with Crippen LogP contribution in [0.4, 0.5) is 0 Å². The molecule has 2 heterocycles. The first kappa shape index (κ1) is 14.5. The Balaban J connectivity index is 1.85. The maximum Gasteiger partial charge on any atom is 0.133 e.